The van der Waals surface area contributed by atoms with Crippen molar-refractivity contribution in [3.63, 3.8) is 0 Å². The van der Waals surface area contributed by atoms with Crippen LogP contribution in [-0.4, -0.2) is 17.7 Å². The van der Waals surface area contributed by atoms with E-state index >= 15 is 0 Å². The summed E-state index contributed by atoms with van der Waals surface area (Å²) in [6.45, 7) is 0. The van der Waals surface area contributed by atoms with E-state index in [2.05, 4.69) is 16.0 Å². The van der Waals surface area contributed by atoms with Crippen molar-refractivity contribution in [2.45, 2.75) is 16.3 Å². The number of hydrogen-bond donors (Lipinski definition) is 3. The summed E-state index contributed by atoms with van der Waals surface area (Å²) in [4.78, 5) is 41.3. The number of fused-ring (bicyclic) bond motifs is 1. The molecular formula is C41H29ClF3N3O3S. The first-order valence-electron chi connectivity index (χ1n) is 15.9. The van der Waals surface area contributed by atoms with Gasteiger partial charge in [0.1, 0.15) is 10.9 Å². The molecule has 3 N–H and O–H groups in total. The van der Waals surface area contributed by atoms with Crippen molar-refractivity contribution in [2.24, 2.45) is 0 Å². The lowest BCUT2D eigenvalue weighted by Crippen LogP contribution is -2.30. The number of nitrogens with one attached hydrogen (secondary N) is 3. The number of carbonyl (C=O) groups is 3. The molecule has 6 nitrogen and oxygen atoms in total. The zero-order valence-corrected chi connectivity index (χ0v) is 28.7. The molecule has 6 rings (SSSR count). The monoisotopic (exact) mass is 735 g/mol. The van der Waals surface area contributed by atoms with Gasteiger partial charge in [0.15, 0.2) is 0 Å². The molecule has 0 radical (unpaired) electrons. The molecule has 0 aliphatic heterocycles. The fourth-order valence-corrected chi connectivity index (χ4v) is 6.60. The van der Waals surface area contributed by atoms with Gasteiger partial charge in [-0.25, -0.2) is 0 Å². The van der Waals surface area contributed by atoms with Gasteiger partial charge in [0.2, 0.25) is 5.91 Å². The summed E-state index contributed by atoms with van der Waals surface area (Å²) in [5.74, 6) is -1.66. The maximum absolute atomic E-state index is 13.9. The second-order valence-electron chi connectivity index (χ2n) is 11.5. The van der Waals surface area contributed by atoms with E-state index in [0.717, 1.165) is 46.3 Å². The lowest BCUT2D eigenvalue weighted by molar-refractivity contribution is -0.137. The first-order valence-corrected chi connectivity index (χ1v) is 17.2. The molecule has 0 saturated heterocycles. The summed E-state index contributed by atoms with van der Waals surface area (Å²) < 4.78 is 40.3. The molecule has 3 amide bonds. The number of carbonyl (C=O) groups excluding carboxylic acids is 3. The average Bonchev–Trinajstić information content (AvgIpc) is 3.15. The number of anilines is 2. The highest BCUT2D eigenvalue weighted by molar-refractivity contribution is 8.00. The fourth-order valence-electron chi connectivity index (χ4n) is 5.35. The number of halogens is 4. The molecule has 11 heteroatoms. The third-order valence-corrected chi connectivity index (χ3v) is 9.47. The Labute approximate surface area is 306 Å². The highest BCUT2D eigenvalue weighted by atomic mass is 35.5. The molecule has 0 aliphatic rings. The minimum absolute atomic E-state index is 0.00256. The molecule has 1 atom stereocenters. The zero-order valence-electron chi connectivity index (χ0n) is 27.2. The van der Waals surface area contributed by atoms with Crippen molar-refractivity contribution in [2.75, 3.05) is 10.6 Å². The molecule has 6 aromatic rings. The Bertz CT molecular complexity index is 2280. The number of rotatable bonds is 10. The summed E-state index contributed by atoms with van der Waals surface area (Å²) in [6.07, 6.45) is -3.01. The van der Waals surface area contributed by atoms with Crippen molar-refractivity contribution in [3.05, 3.63) is 179 Å². The molecule has 52 heavy (non-hydrogen) atoms. The van der Waals surface area contributed by atoms with E-state index in [1.807, 2.05) is 42.5 Å². The van der Waals surface area contributed by atoms with Gasteiger partial charge in [0.25, 0.3) is 11.8 Å². The van der Waals surface area contributed by atoms with Gasteiger partial charge < -0.3 is 16.0 Å². The molecule has 0 bridgehead atoms. The molecule has 0 aliphatic carbocycles. The van der Waals surface area contributed by atoms with E-state index in [0.29, 0.717) is 21.7 Å². The molecule has 1 unspecified atom stereocenters. The molecule has 0 heterocycles. The van der Waals surface area contributed by atoms with E-state index in [1.165, 1.54) is 0 Å². The van der Waals surface area contributed by atoms with Crippen LogP contribution in [0.1, 0.15) is 32.3 Å². The Morgan fingerprint density at radius 2 is 1.38 bits per heavy atom. The Morgan fingerprint density at radius 1 is 0.712 bits per heavy atom. The number of alkyl halides is 3. The fraction of sp³-hybridized carbons (Fsp3) is 0.0488. The maximum Gasteiger partial charge on any atom is 0.416 e. The Hall–Kier alpha value is -5.84. The quantitative estimate of drug-likeness (QED) is 0.0966. The van der Waals surface area contributed by atoms with Crippen molar-refractivity contribution < 1.29 is 27.6 Å². The number of hydrogen-bond acceptors (Lipinski definition) is 4. The maximum atomic E-state index is 13.9. The third kappa shape index (κ3) is 8.90. The third-order valence-electron chi connectivity index (χ3n) is 7.89. The molecule has 6 aromatic carbocycles. The molecule has 260 valence electrons. The van der Waals surface area contributed by atoms with E-state index in [-0.39, 0.29) is 16.4 Å². The summed E-state index contributed by atoms with van der Waals surface area (Å²) >= 11 is 7.32. The molecule has 0 saturated carbocycles. The van der Waals surface area contributed by atoms with E-state index in [9.17, 15) is 27.6 Å². The van der Waals surface area contributed by atoms with Crippen LogP contribution < -0.4 is 16.0 Å². The van der Waals surface area contributed by atoms with Crippen LogP contribution in [0, 0.1) is 0 Å². The second kappa shape index (κ2) is 16.0. The Kier molecular flexibility index (Phi) is 11.1. The van der Waals surface area contributed by atoms with Gasteiger partial charge in [-0.1, -0.05) is 109 Å². The molecular weight excluding hydrogens is 707 g/mol. The lowest BCUT2D eigenvalue weighted by Gasteiger charge is -2.19. The molecule has 0 fully saturated rings. The van der Waals surface area contributed by atoms with Crippen LogP contribution in [0.15, 0.2) is 156 Å². The number of amides is 3. The van der Waals surface area contributed by atoms with Crippen LogP contribution in [-0.2, 0) is 15.8 Å². The van der Waals surface area contributed by atoms with Crippen LogP contribution in [0.25, 0.3) is 16.8 Å². The minimum atomic E-state index is -4.63. The first-order chi connectivity index (χ1) is 25.0. The number of benzene rings is 6. The van der Waals surface area contributed by atoms with Crippen LogP contribution in [0.2, 0.25) is 5.02 Å². The topological polar surface area (TPSA) is 87.3 Å². The van der Waals surface area contributed by atoms with Gasteiger partial charge in [0, 0.05) is 16.1 Å². The highest BCUT2D eigenvalue weighted by Crippen LogP contribution is 2.39. The summed E-state index contributed by atoms with van der Waals surface area (Å²) in [6, 6.07) is 40.1. The summed E-state index contributed by atoms with van der Waals surface area (Å²) in [5, 5.41) is 9.07. The second-order valence-corrected chi connectivity index (χ2v) is 13.1. The van der Waals surface area contributed by atoms with E-state index in [4.69, 9.17) is 11.6 Å². The van der Waals surface area contributed by atoms with Gasteiger partial charge >= 0.3 is 6.18 Å². The van der Waals surface area contributed by atoms with E-state index < -0.39 is 34.7 Å². The van der Waals surface area contributed by atoms with Crippen molar-refractivity contribution in [1.29, 1.82) is 0 Å². The molecule has 0 spiro atoms. The minimum Gasteiger partial charge on any atom is -0.323 e. The standard InChI is InChI=1S/C41H29ClF3N3O3S/c42-34-22-21-30(41(43,44)45)24-35(34)47-40(51)37(27-12-3-1-4-13-27)52-32-19-10-18-31(25-32)46-39(50)36(48-38(49)28-14-5-2-6-15-28)23-29-17-9-16-26-11-7-8-20-33(26)29/h1-25,37H,(H,46,50)(H,47,51)(H,48,49)/b36-23+. The van der Waals surface area contributed by atoms with Crippen LogP contribution in [0.4, 0.5) is 24.5 Å². The predicted octanol–water partition coefficient (Wildman–Crippen LogP) is 10.4. The van der Waals surface area contributed by atoms with Gasteiger partial charge in [0.05, 0.1) is 16.3 Å². The summed E-state index contributed by atoms with van der Waals surface area (Å²) in [5.41, 5.74) is 0.934. The van der Waals surface area contributed by atoms with Gasteiger partial charge in [-0.3, -0.25) is 14.4 Å². The Morgan fingerprint density at radius 3 is 2.13 bits per heavy atom. The van der Waals surface area contributed by atoms with Crippen LogP contribution in [0.5, 0.6) is 0 Å². The SMILES string of the molecule is O=C(Nc1cccc(SC(C(=O)Nc2cc(C(F)(F)F)ccc2Cl)c2ccccc2)c1)/C(=C\c1cccc2ccccc12)NC(=O)c1ccccc1. The van der Waals surface area contributed by atoms with Crippen LogP contribution in [0.3, 0.4) is 0 Å². The first kappa shape index (κ1) is 36.0. The van der Waals surface area contributed by atoms with Gasteiger partial charge in [-0.15, -0.1) is 11.8 Å². The smallest absolute Gasteiger partial charge is 0.323 e. The predicted molar refractivity (Wildman–Crippen MR) is 201 cm³/mol. The summed E-state index contributed by atoms with van der Waals surface area (Å²) in [7, 11) is 0. The van der Waals surface area contributed by atoms with Crippen molar-refractivity contribution in [3.8, 4) is 0 Å². The van der Waals surface area contributed by atoms with Crippen molar-refractivity contribution in [1.82, 2.24) is 5.32 Å². The average molecular weight is 736 g/mol. The highest BCUT2D eigenvalue weighted by Gasteiger charge is 2.32. The van der Waals surface area contributed by atoms with Crippen LogP contribution >= 0.6 is 23.4 Å². The zero-order chi connectivity index (χ0) is 36.7. The largest absolute Gasteiger partial charge is 0.416 e. The van der Waals surface area contributed by atoms with Gasteiger partial charge in [-0.2, -0.15) is 13.2 Å². The number of thioether (sulfide) groups is 1. The van der Waals surface area contributed by atoms with Gasteiger partial charge in [-0.05, 0) is 76.5 Å². The van der Waals surface area contributed by atoms with Crippen molar-refractivity contribution >= 4 is 69.3 Å². The molecule has 0 aromatic heterocycles. The Balaban J connectivity index is 1.27. The normalized spacial score (nSPS) is 12.2. The lowest BCUT2D eigenvalue weighted by atomic mass is 10.0. The van der Waals surface area contributed by atoms with E-state index in [1.54, 1.807) is 91.0 Å².